The zero-order valence-corrected chi connectivity index (χ0v) is 15.6. The van der Waals surface area contributed by atoms with Crippen LogP contribution in [0.4, 0.5) is 11.4 Å². The van der Waals surface area contributed by atoms with Gasteiger partial charge in [0.1, 0.15) is 11.8 Å². The summed E-state index contributed by atoms with van der Waals surface area (Å²) in [5.41, 5.74) is 0.777. The molecule has 6 nitrogen and oxygen atoms in total. The highest BCUT2D eigenvalue weighted by atomic mass is 35.5. The van der Waals surface area contributed by atoms with Gasteiger partial charge in [0.2, 0.25) is 15.9 Å². The predicted molar refractivity (Wildman–Crippen MR) is 99.9 cm³/mol. The molecule has 1 atom stereocenters. The third-order valence-electron chi connectivity index (χ3n) is 3.52. The Kier molecular flexibility index (Phi) is 5.92. The minimum atomic E-state index is -3.66. The predicted octanol–water partition coefficient (Wildman–Crippen LogP) is 3.14. The number of benzene rings is 2. The van der Waals surface area contributed by atoms with Crippen LogP contribution in [-0.2, 0) is 14.8 Å². The van der Waals surface area contributed by atoms with Gasteiger partial charge >= 0.3 is 0 Å². The Bertz CT molecular complexity index is 856. The second-order valence-corrected chi connectivity index (χ2v) is 7.70. The Morgan fingerprint density at radius 1 is 1.20 bits per heavy atom. The summed E-state index contributed by atoms with van der Waals surface area (Å²) in [5.74, 6) is -0.0783. The maximum absolute atomic E-state index is 12.6. The van der Waals surface area contributed by atoms with Crippen molar-refractivity contribution in [2.75, 3.05) is 23.0 Å². The highest BCUT2D eigenvalue weighted by molar-refractivity contribution is 7.92. The molecule has 0 radical (unpaired) electrons. The number of carbonyl (C=O) groups excluding carboxylic acids is 1. The Labute approximate surface area is 152 Å². The number of nitrogens with zero attached hydrogens (tertiary/aromatic N) is 1. The van der Waals surface area contributed by atoms with E-state index in [1.165, 1.54) is 20.1 Å². The molecule has 0 aromatic heterocycles. The van der Waals surface area contributed by atoms with E-state index in [1.807, 2.05) is 0 Å². The second kappa shape index (κ2) is 7.76. The van der Waals surface area contributed by atoms with Crippen LogP contribution in [0.25, 0.3) is 0 Å². The lowest BCUT2D eigenvalue weighted by molar-refractivity contribution is -0.116. The van der Waals surface area contributed by atoms with Crippen molar-refractivity contribution < 1.29 is 17.9 Å². The molecule has 134 valence electrons. The zero-order chi connectivity index (χ0) is 18.6. The molecule has 0 aliphatic carbocycles. The van der Waals surface area contributed by atoms with E-state index in [9.17, 15) is 13.2 Å². The quantitative estimate of drug-likeness (QED) is 0.832. The maximum atomic E-state index is 12.6. The fraction of sp³-hybridized carbons (Fsp3) is 0.235. The molecule has 0 aliphatic heterocycles. The average Bonchev–Trinajstić information content (AvgIpc) is 2.55. The van der Waals surface area contributed by atoms with E-state index < -0.39 is 22.0 Å². The van der Waals surface area contributed by atoms with Gasteiger partial charge in [-0.05, 0) is 37.3 Å². The number of ether oxygens (including phenoxy) is 1. The Hall–Kier alpha value is -2.25. The van der Waals surface area contributed by atoms with Crippen LogP contribution in [-0.4, -0.2) is 33.7 Å². The zero-order valence-electron chi connectivity index (χ0n) is 14.1. The monoisotopic (exact) mass is 382 g/mol. The summed E-state index contributed by atoms with van der Waals surface area (Å²) >= 11 is 5.95. The molecule has 0 saturated heterocycles. The van der Waals surface area contributed by atoms with Crippen LogP contribution >= 0.6 is 11.6 Å². The summed E-state index contributed by atoms with van der Waals surface area (Å²) in [6, 6.07) is 12.3. The molecule has 0 aliphatic rings. The third kappa shape index (κ3) is 4.64. The lowest BCUT2D eigenvalue weighted by Gasteiger charge is -2.28. The number of rotatable bonds is 6. The first-order valence-corrected chi connectivity index (χ1v) is 9.65. The number of para-hydroxylation sites is 1. The lowest BCUT2D eigenvalue weighted by Crippen LogP contribution is -2.45. The van der Waals surface area contributed by atoms with Gasteiger partial charge in [0.15, 0.2) is 0 Å². The largest absolute Gasteiger partial charge is 0.495 e. The van der Waals surface area contributed by atoms with Gasteiger partial charge in [-0.15, -0.1) is 0 Å². The molecular weight excluding hydrogens is 364 g/mol. The van der Waals surface area contributed by atoms with Crippen molar-refractivity contribution in [1.29, 1.82) is 0 Å². The minimum Gasteiger partial charge on any atom is -0.495 e. The number of carbonyl (C=O) groups is 1. The molecule has 25 heavy (non-hydrogen) atoms. The molecule has 2 rings (SSSR count). The Balaban J connectivity index is 2.33. The minimum absolute atomic E-state index is 0.369. The maximum Gasteiger partial charge on any atom is 0.248 e. The molecule has 0 spiro atoms. The first-order chi connectivity index (χ1) is 11.7. The standard InChI is InChI=1S/C17H19ClN2O4S/c1-12(20(25(3,22)23)14-7-5-4-6-8-14)17(21)19-15-11-13(18)9-10-16(15)24-2/h4-12H,1-3H3,(H,19,21). The Morgan fingerprint density at radius 3 is 2.40 bits per heavy atom. The molecular formula is C17H19ClN2O4S. The second-order valence-electron chi connectivity index (χ2n) is 5.40. The summed E-state index contributed by atoms with van der Waals surface area (Å²) < 4.78 is 30.7. The molecule has 8 heteroatoms. The molecule has 0 heterocycles. The number of amides is 1. The molecule has 2 aromatic carbocycles. The van der Waals surface area contributed by atoms with E-state index >= 15 is 0 Å². The number of nitrogens with one attached hydrogen (secondary N) is 1. The van der Waals surface area contributed by atoms with Crippen LogP contribution in [0.3, 0.4) is 0 Å². The fourth-order valence-electron chi connectivity index (χ4n) is 2.40. The number of anilines is 2. The van der Waals surface area contributed by atoms with Crippen molar-refractivity contribution in [2.45, 2.75) is 13.0 Å². The molecule has 1 N–H and O–H groups in total. The number of halogens is 1. The van der Waals surface area contributed by atoms with Crippen LogP contribution in [0.15, 0.2) is 48.5 Å². The van der Waals surface area contributed by atoms with Gasteiger partial charge in [0.05, 0.1) is 24.7 Å². The lowest BCUT2D eigenvalue weighted by atomic mass is 10.2. The van der Waals surface area contributed by atoms with E-state index in [2.05, 4.69) is 5.32 Å². The first kappa shape index (κ1) is 19.1. The molecule has 0 saturated carbocycles. The average molecular weight is 383 g/mol. The van der Waals surface area contributed by atoms with Crippen LogP contribution < -0.4 is 14.4 Å². The van der Waals surface area contributed by atoms with Crippen LogP contribution in [0.5, 0.6) is 5.75 Å². The highest BCUT2D eigenvalue weighted by Crippen LogP contribution is 2.28. The molecule has 2 aromatic rings. The van der Waals surface area contributed by atoms with Gasteiger partial charge in [0.25, 0.3) is 0 Å². The Morgan fingerprint density at radius 2 is 1.84 bits per heavy atom. The summed E-state index contributed by atoms with van der Waals surface area (Å²) in [4.78, 5) is 12.6. The molecule has 0 fully saturated rings. The fourth-order valence-corrected chi connectivity index (χ4v) is 3.75. The van der Waals surface area contributed by atoms with Crippen LogP contribution in [0.2, 0.25) is 5.02 Å². The summed E-state index contributed by atoms with van der Waals surface area (Å²) in [6.07, 6.45) is 1.06. The number of methoxy groups -OCH3 is 1. The van der Waals surface area contributed by atoms with Crippen molar-refractivity contribution in [3.8, 4) is 5.75 Å². The van der Waals surface area contributed by atoms with E-state index in [-0.39, 0.29) is 0 Å². The number of sulfonamides is 1. The van der Waals surface area contributed by atoms with Gasteiger partial charge in [0, 0.05) is 5.02 Å². The van der Waals surface area contributed by atoms with Crippen LogP contribution in [0.1, 0.15) is 6.92 Å². The smallest absolute Gasteiger partial charge is 0.248 e. The normalized spacial score (nSPS) is 12.3. The van der Waals surface area contributed by atoms with Crippen molar-refractivity contribution in [2.24, 2.45) is 0 Å². The van der Waals surface area contributed by atoms with Crippen LogP contribution in [0, 0.1) is 0 Å². The van der Waals surface area contributed by atoms with E-state index in [1.54, 1.807) is 42.5 Å². The van der Waals surface area contributed by atoms with Crippen molar-refractivity contribution in [3.05, 3.63) is 53.6 Å². The molecule has 1 amide bonds. The number of hydrogen-bond donors (Lipinski definition) is 1. The van der Waals surface area contributed by atoms with Crippen molar-refractivity contribution in [3.63, 3.8) is 0 Å². The summed E-state index contributed by atoms with van der Waals surface area (Å²) in [7, 11) is -2.20. The van der Waals surface area contributed by atoms with Gasteiger partial charge in [-0.25, -0.2) is 8.42 Å². The van der Waals surface area contributed by atoms with Gasteiger partial charge in [-0.3, -0.25) is 9.10 Å². The van der Waals surface area contributed by atoms with E-state index in [0.29, 0.717) is 22.1 Å². The molecule has 0 bridgehead atoms. The topological polar surface area (TPSA) is 75.7 Å². The first-order valence-electron chi connectivity index (χ1n) is 7.43. The third-order valence-corrected chi connectivity index (χ3v) is 5.00. The highest BCUT2D eigenvalue weighted by Gasteiger charge is 2.29. The van der Waals surface area contributed by atoms with Crippen molar-refractivity contribution >= 4 is 38.9 Å². The van der Waals surface area contributed by atoms with E-state index in [4.69, 9.17) is 16.3 Å². The van der Waals surface area contributed by atoms with Crippen molar-refractivity contribution in [1.82, 2.24) is 0 Å². The van der Waals surface area contributed by atoms with E-state index in [0.717, 1.165) is 10.6 Å². The van der Waals surface area contributed by atoms with Gasteiger partial charge < -0.3 is 10.1 Å². The SMILES string of the molecule is COc1ccc(Cl)cc1NC(=O)C(C)N(c1ccccc1)S(C)(=O)=O. The number of hydrogen-bond acceptors (Lipinski definition) is 4. The molecule has 1 unspecified atom stereocenters. The summed E-state index contributed by atoms with van der Waals surface area (Å²) in [6.45, 7) is 1.51. The van der Waals surface area contributed by atoms with Gasteiger partial charge in [-0.1, -0.05) is 29.8 Å². The van der Waals surface area contributed by atoms with Gasteiger partial charge in [-0.2, -0.15) is 0 Å². The summed E-state index contributed by atoms with van der Waals surface area (Å²) in [5, 5.41) is 3.09.